The van der Waals surface area contributed by atoms with Gasteiger partial charge in [-0.2, -0.15) is 0 Å². The number of hydrogen-bond donors (Lipinski definition) is 1. The van der Waals surface area contributed by atoms with Crippen molar-refractivity contribution in [3.63, 3.8) is 0 Å². The van der Waals surface area contributed by atoms with Crippen molar-refractivity contribution in [2.75, 3.05) is 47.1 Å². The smallest absolute Gasteiger partial charge is 0.194 e. The molecule has 2 fully saturated rings. The first kappa shape index (κ1) is 17.9. The number of rotatable bonds is 5. The lowest BCUT2D eigenvalue weighted by Crippen LogP contribution is -2.41. The number of hydrogen-bond acceptors (Lipinski definition) is 4. The zero-order chi connectivity index (χ0) is 17.7. The van der Waals surface area contributed by atoms with Gasteiger partial charge in [-0.15, -0.1) is 0 Å². The van der Waals surface area contributed by atoms with Crippen LogP contribution in [0.4, 0.5) is 0 Å². The van der Waals surface area contributed by atoms with E-state index in [0.717, 1.165) is 55.9 Å². The Morgan fingerprint density at radius 2 is 2.12 bits per heavy atom. The van der Waals surface area contributed by atoms with Gasteiger partial charge in [-0.05, 0) is 37.5 Å². The van der Waals surface area contributed by atoms with Crippen molar-refractivity contribution in [2.24, 2.45) is 10.4 Å². The summed E-state index contributed by atoms with van der Waals surface area (Å²) in [7, 11) is 3.30. The number of methoxy groups -OCH3 is 2. The van der Waals surface area contributed by atoms with Gasteiger partial charge in [0.15, 0.2) is 17.5 Å². The molecule has 1 aromatic rings. The molecular weight excluding hydrogens is 318 g/mol. The molecule has 3 rings (SSSR count). The maximum atomic E-state index is 5.63. The molecule has 138 valence electrons. The second kappa shape index (κ2) is 7.95. The van der Waals surface area contributed by atoms with Gasteiger partial charge in [0.2, 0.25) is 0 Å². The zero-order valence-electron chi connectivity index (χ0n) is 15.5. The molecule has 0 amide bonds. The monoisotopic (exact) mass is 347 g/mol. The summed E-state index contributed by atoms with van der Waals surface area (Å²) >= 11 is 0. The normalized spacial score (nSPS) is 23.3. The molecule has 1 N–H and O–H groups in total. The summed E-state index contributed by atoms with van der Waals surface area (Å²) in [5.41, 5.74) is 1.44. The molecule has 1 aromatic carbocycles. The van der Waals surface area contributed by atoms with Gasteiger partial charge in [-0.3, -0.25) is 0 Å². The van der Waals surface area contributed by atoms with E-state index in [4.69, 9.17) is 19.2 Å². The Hall–Kier alpha value is -1.95. The SMILES string of the molecule is CCNC(=NCc1ccc(OC)c(OC)c1)N1CCC2(CCOC2)C1. The van der Waals surface area contributed by atoms with Crippen molar-refractivity contribution in [1.82, 2.24) is 10.2 Å². The van der Waals surface area contributed by atoms with Gasteiger partial charge >= 0.3 is 0 Å². The molecule has 6 heteroatoms. The number of benzene rings is 1. The van der Waals surface area contributed by atoms with Crippen molar-refractivity contribution in [3.8, 4) is 11.5 Å². The van der Waals surface area contributed by atoms with Crippen molar-refractivity contribution in [1.29, 1.82) is 0 Å². The standard InChI is InChI=1S/C19H29N3O3/c1-4-20-18(22-9-7-19(13-22)8-10-25-14-19)21-12-15-5-6-16(23-2)17(11-15)24-3/h5-6,11H,4,7-10,12-14H2,1-3H3,(H,20,21). The minimum Gasteiger partial charge on any atom is -0.493 e. The molecule has 25 heavy (non-hydrogen) atoms. The molecule has 2 aliphatic heterocycles. The largest absolute Gasteiger partial charge is 0.493 e. The number of ether oxygens (including phenoxy) is 3. The van der Waals surface area contributed by atoms with Gasteiger partial charge in [0.1, 0.15) is 0 Å². The molecule has 0 saturated carbocycles. The second-order valence-electron chi connectivity index (χ2n) is 6.83. The number of nitrogens with one attached hydrogen (secondary N) is 1. The van der Waals surface area contributed by atoms with E-state index >= 15 is 0 Å². The van der Waals surface area contributed by atoms with E-state index in [1.807, 2.05) is 18.2 Å². The van der Waals surface area contributed by atoms with Crippen molar-refractivity contribution in [2.45, 2.75) is 26.3 Å². The van der Waals surface area contributed by atoms with Crippen LogP contribution in [0.3, 0.4) is 0 Å². The Balaban J connectivity index is 1.70. The highest BCUT2D eigenvalue weighted by atomic mass is 16.5. The van der Waals surface area contributed by atoms with Crippen LogP contribution < -0.4 is 14.8 Å². The molecule has 1 atom stereocenters. The minimum absolute atomic E-state index is 0.333. The van der Waals surface area contributed by atoms with Crippen LogP contribution >= 0.6 is 0 Å². The molecule has 0 aliphatic carbocycles. The Labute approximate surface area is 150 Å². The summed E-state index contributed by atoms with van der Waals surface area (Å²) in [5, 5.41) is 3.43. The molecule has 2 saturated heterocycles. The van der Waals surface area contributed by atoms with E-state index in [-0.39, 0.29) is 0 Å². The van der Waals surface area contributed by atoms with E-state index in [9.17, 15) is 0 Å². The Kier molecular flexibility index (Phi) is 5.68. The molecule has 2 aliphatic rings. The quantitative estimate of drug-likeness (QED) is 0.654. The first-order valence-electron chi connectivity index (χ1n) is 9.01. The summed E-state index contributed by atoms with van der Waals surface area (Å²) in [6.07, 6.45) is 2.35. The molecule has 1 spiro atoms. The molecule has 0 bridgehead atoms. The summed E-state index contributed by atoms with van der Waals surface area (Å²) < 4.78 is 16.3. The van der Waals surface area contributed by atoms with E-state index in [0.29, 0.717) is 12.0 Å². The lowest BCUT2D eigenvalue weighted by atomic mass is 9.87. The number of nitrogens with zero attached hydrogens (tertiary/aromatic N) is 2. The molecular formula is C19H29N3O3. The molecule has 0 radical (unpaired) electrons. The average Bonchev–Trinajstić information content (AvgIpc) is 3.28. The Morgan fingerprint density at radius 3 is 2.80 bits per heavy atom. The number of aliphatic imine (C=N–C) groups is 1. The summed E-state index contributed by atoms with van der Waals surface area (Å²) in [5.74, 6) is 2.47. The van der Waals surface area contributed by atoms with Crippen LogP contribution in [0.5, 0.6) is 11.5 Å². The predicted octanol–water partition coefficient (Wildman–Crippen LogP) is 2.28. The van der Waals surface area contributed by atoms with E-state index in [2.05, 4.69) is 17.1 Å². The van der Waals surface area contributed by atoms with Crippen LogP contribution in [-0.2, 0) is 11.3 Å². The first-order valence-corrected chi connectivity index (χ1v) is 9.01. The summed E-state index contributed by atoms with van der Waals surface area (Å²) in [6, 6.07) is 5.95. The maximum absolute atomic E-state index is 5.63. The Bertz CT molecular complexity index is 612. The van der Waals surface area contributed by atoms with Crippen LogP contribution in [0.1, 0.15) is 25.3 Å². The topological polar surface area (TPSA) is 55.3 Å². The molecule has 6 nitrogen and oxygen atoms in total. The summed E-state index contributed by atoms with van der Waals surface area (Å²) in [6.45, 7) is 7.45. The average molecular weight is 347 g/mol. The fraction of sp³-hybridized carbons (Fsp3) is 0.632. The third kappa shape index (κ3) is 4.00. The maximum Gasteiger partial charge on any atom is 0.194 e. The van der Waals surface area contributed by atoms with Gasteiger partial charge < -0.3 is 24.4 Å². The second-order valence-corrected chi connectivity index (χ2v) is 6.83. The van der Waals surface area contributed by atoms with Gasteiger partial charge in [0.05, 0.1) is 27.4 Å². The lowest BCUT2D eigenvalue weighted by Gasteiger charge is -2.25. The van der Waals surface area contributed by atoms with Crippen molar-refractivity contribution < 1.29 is 14.2 Å². The van der Waals surface area contributed by atoms with Gasteiger partial charge in [0, 0.05) is 31.7 Å². The van der Waals surface area contributed by atoms with Crippen LogP contribution in [0.25, 0.3) is 0 Å². The van der Waals surface area contributed by atoms with Crippen LogP contribution in [0.15, 0.2) is 23.2 Å². The van der Waals surface area contributed by atoms with E-state index in [1.165, 1.54) is 12.8 Å². The lowest BCUT2D eigenvalue weighted by molar-refractivity contribution is 0.156. The Morgan fingerprint density at radius 1 is 1.28 bits per heavy atom. The third-order valence-corrected chi connectivity index (χ3v) is 5.12. The number of likely N-dealkylation sites (tertiary alicyclic amines) is 1. The van der Waals surface area contributed by atoms with Crippen LogP contribution in [0, 0.1) is 5.41 Å². The minimum atomic E-state index is 0.333. The number of guanidine groups is 1. The highest BCUT2D eigenvalue weighted by Crippen LogP contribution is 2.38. The summed E-state index contributed by atoms with van der Waals surface area (Å²) in [4.78, 5) is 7.22. The van der Waals surface area contributed by atoms with Crippen molar-refractivity contribution in [3.05, 3.63) is 23.8 Å². The van der Waals surface area contributed by atoms with E-state index in [1.54, 1.807) is 14.2 Å². The highest BCUT2D eigenvalue weighted by molar-refractivity contribution is 5.80. The van der Waals surface area contributed by atoms with Gasteiger partial charge in [-0.25, -0.2) is 4.99 Å². The van der Waals surface area contributed by atoms with E-state index < -0.39 is 0 Å². The molecule has 0 aromatic heterocycles. The third-order valence-electron chi connectivity index (χ3n) is 5.12. The van der Waals surface area contributed by atoms with Gasteiger partial charge in [0.25, 0.3) is 0 Å². The van der Waals surface area contributed by atoms with Crippen LogP contribution in [0.2, 0.25) is 0 Å². The van der Waals surface area contributed by atoms with Crippen LogP contribution in [-0.4, -0.2) is 57.9 Å². The fourth-order valence-electron chi connectivity index (χ4n) is 3.66. The molecule has 2 heterocycles. The highest BCUT2D eigenvalue weighted by Gasteiger charge is 2.42. The predicted molar refractivity (Wildman–Crippen MR) is 98.4 cm³/mol. The fourth-order valence-corrected chi connectivity index (χ4v) is 3.66. The first-order chi connectivity index (χ1) is 12.2. The van der Waals surface area contributed by atoms with Crippen molar-refractivity contribution >= 4 is 5.96 Å². The van der Waals surface area contributed by atoms with Gasteiger partial charge in [-0.1, -0.05) is 6.07 Å². The molecule has 1 unspecified atom stereocenters. The zero-order valence-corrected chi connectivity index (χ0v) is 15.5.